The fourth-order valence-electron chi connectivity index (χ4n) is 6.43. The summed E-state index contributed by atoms with van der Waals surface area (Å²) in [5.74, 6) is -0.150. The summed E-state index contributed by atoms with van der Waals surface area (Å²) in [6.07, 6.45) is 8.93. The zero-order valence-corrected chi connectivity index (χ0v) is 20.9. The van der Waals surface area contributed by atoms with Crippen molar-refractivity contribution in [3.8, 4) is 0 Å². The average molecular weight is 471 g/mol. The number of hydrogen-bond donors (Lipinski definition) is 0. The smallest absolute Gasteiger partial charge is 0.123 e. The van der Waals surface area contributed by atoms with Gasteiger partial charge >= 0.3 is 0 Å². The largest absolute Gasteiger partial charge is 0.298 e. The summed E-state index contributed by atoms with van der Waals surface area (Å²) >= 11 is 0. The molecule has 2 fully saturated rings. The van der Waals surface area contributed by atoms with E-state index in [2.05, 4.69) is 70.5 Å². The summed E-state index contributed by atoms with van der Waals surface area (Å²) in [7, 11) is 0. The molecule has 1 aliphatic carbocycles. The Bertz CT molecular complexity index is 985. The lowest BCUT2D eigenvalue weighted by molar-refractivity contribution is 0.0830. The van der Waals surface area contributed by atoms with Gasteiger partial charge in [-0.15, -0.1) is 0 Å². The van der Waals surface area contributed by atoms with Crippen LogP contribution >= 0.6 is 0 Å². The van der Waals surface area contributed by atoms with E-state index in [0.29, 0.717) is 11.5 Å². The van der Waals surface area contributed by atoms with Crippen molar-refractivity contribution < 1.29 is 4.39 Å². The Morgan fingerprint density at radius 1 is 0.657 bits per heavy atom. The minimum absolute atomic E-state index is 0.150. The predicted molar refractivity (Wildman–Crippen MR) is 143 cm³/mol. The average Bonchev–Trinajstić information content (AvgIpc) is 3.10. The Labute approximate surface area is 210 Å². The molecule has 1 saturated heterocycles. The highest BCUT2D eigenvalue weighted by molar-refractivity contribution is 5.21. The van der Waals surface area contributed by atoms with Gasteiger partial charge < -0.3 is 0 Å². The molecule has 0 bridgehead atoms. The minimum Gasteiger partial charge on any atom is -0.298 e. The van der Waals surface area contributed by atoms with Crippen LogP contribution in [0.4, 0.5) is 4.39 Å². The topological polar surface area (TPSA) is 6.48 Å². The van der Waals surface area contributed by atoms with Gasteiger partial charge in [-0.05, 0) is 72.8 Å². The molecule has 184 valence electrons. The second-order valence-corrected chi connectivity index (χ2v) is 10.8. The fraction of sp³-hybridized carbons (Fsp3) is 0.438. The first-order chi connectivity index (χ1) is 17.2. The van der Waals surface area contributed by atoms with E-state index in [4.69, 9.17) is 0 Å². The Hall–Kier alpha value is -2.49. The molecule has 1 unspecified atom stereocenters. The lowest BCUT2D eigenvalue weighted by Gasteiger charge is -2.39. The summed E-state index contributed by atoms with van der Waals surface area (Å²) < 4.78 is 13.2. The Kier molecular flexibility index (Phi) is 7.95. The van der Waals surface area contributed by atoms with Gasteiger partial charge in [0.2, 0.25) is 0 Å². The highest BCUT2D eigenvalue weighted by Gasteiger charge is 2.35. The van der Waals surface area contributed by atoms with E-state index >= 15 is 0 Å². The zero-order chi connectivity index (χ0) is 23.9. The van der Waals surface area contributed by atoms with Crippen molar-refractivity contribution in [3.05, 3.63) is 107 Å². The van der Waals surface area contributed by atoms with E-state index < -0.39 is 0 Å². The van der Waals surface area contributed by atoms with Crippen molar-refractivity contribution in [2.75, 3.05) is 26.2 Å². The lowest BCUT2D eigenvalue weighted by atomic mass is 9.71. The van der Waals surface area contributed by atoms with Gasteiger partial charge in [-0.1, -0.05) is 79.2 Å². The van der Waals surface area contributed by atoms with Crippen molar-refractivity contribution in [2.24, 2.45) is 5.41 Å². The standard InChI is InChI=1S/C32H39FN2/c33-30-15-13-29(14-16-30)26-34-20-22-35(23-21-34)31-12-7-18-32(19-17-31,24-27-8-3-1-4-9-27)25-28-10-5-2-6-11-28/h1-6,8-11,13-16,31H,7,12,17-26H2. The molecule has 1 saturated carbocycles. The zero-order valence-electron chi connectivity index (χ0n) is 20.9. The van der Waals surface area contributed by atoms with Crippen LogP contribution in [0.2, 0.25) is 0 Å². The Morgan fingerprint density at radius 2 is 1.26 bits per heavy atom. The molecule has 2 nitrogen and oxygen atoms in total. The van der Waals surface area contributed by atoms with Gasteiger partial charge in [-0.3, -0.25) is 9.80 Å². The molecule has 0 spiro atoms. The highest BCUT2D eigenvalue weighted by Crippen LogP contribution is 2.42. The second-order valence-electron chi connectivity index (χ2n) is 10.8. The molecule has 3 heteroatoms. The number of nitrogens with zero attached hydrogens (tertiary/aromatic N) is 2. The number of hydrogen-bond acceptors (Lipinski definition) is 2. The van der Waals surface area contributed by atoms with E-state index in [9.17, 15) is 4.39 Å². The molecule has 0 N–H and O–H groups in total. The van der Waals surface area contributed by atoms with Gasteiger partial charge in [0.25, 0.3) is 0 Å². The molecule has 3 aromatic rings. The van der Waals surface area contributed by atoms with E-state index in [1.807, 2.05) is 12.1 Å². The number of piperazine rings is 1. The third-order valence-electron chi connectivity index (χ3n) is 8.34. The van der Waals surface area contributed by atoms with Crippen LogP contribution in [0, 0.1) is 11.2 Å². The lowest BCUT2D eigenvalue weighted by Crippen LogP contribution is -2.49. The van der Waals surface area contributed by atoms with Crippen LogP contribution in [-0.4, -0.2) is 42.0 Å². The molecule has 1 aliphatic heterocycles. The number of benzene rings is 3. The second kappa shape index (κ2) is 11.5. The third kappa shape index (κ3) is 6.59. The molecule has 5 rings (SSSR count). The van der Waals surface area contributed by atoms with Crippen molar-refractivity contribution in [1.29, 1.82) is 0 Å². The number of rotatable bonds is 7. The minimum atomic E-state index is -0.150. The molecule has 2 aliphatic rings. The van der Waals surface area contributed by atoms with Gasteiger partial charge in [-0.25, -0.2) is 4.39 Å². The normalized spacial score (nSPS) is 21.5. The molecule has 1 heterocycles. The SMILES string of the molecule is Fc1ccc(CN2CCN(C3CCCC(Cc4ccccc4)(Cc4ccccc4)CC3)CC2)cc1. The summed E-state index contributed by atoms with van der Waals surface area (Å²) in [6.45, 7) is 5.43. The Morgan fingerprint density at radius 3 is 1.86 bits per heavy atom. The van der Waals surface area contributed by atoms with E-state index in [1.165, 1.54) is 61.6 Å². The van der Waals surface area contributed by atoms with Crippen LogP contribution in [0.15, 0.2) is 84.9 Å². The van der Waals surface area contributed by atoms with Crippen LogP contribution in [0.25, 0.3) is 0 Å². The third-order valence-corrected chi connectivity index (χ3v) is 8.34. The maximum Gasteiger partial charge on any atom is 0.123 e. The molecule has 0 amide bonds. The summed E-state index contributed by atoms with van der Waals surface area (Å²) in [5, 5.41) is 0. The first-order valence-corrected chi connectivity index (χ1v) is 13.5. The van der Waals surface area contributed by atoms with E-state index in [-0.39, 0.29) is 5.82 Å². The molecule has 0 radical (unpaired) electrons. The first-order valence-electron chi connectivity index (χ1n) is 13.5. The van der Waals surface area contributed by atoms with Gasteiger partial charge in [0.15, 0.2) is 0 Å². The van der Waals surface area contributed by atoms with Crippen LogP contribution in [0.1, 0.15) is 48.8 Å². The highest BCUT2D eigenvalue weighted by atomic mass is 19.1. The van der Waals surface area contributed by atoms with Crippen LogP contribution in [0.3, 0.4) is 0 Å². The van der Waals surface area contributed by atoms with Gasteiger partial charge in [-0.2, -0.15) is 0 Å². The molecule has 1 atom stereocenters. The van der Waals surface area contributed by atoms with Crippen molar-refractivity contribution in [1.82, 2.24) is 9.80 Å². The van der Waals surface area contributed by atoms with Gasteiger partial charge in [0, 0.05) is 38.8 Å². The first kappa shape index (κ1) is 24.2. The summed E-state index contributed by atoms with van der Waals surface area (Å²) in [6, 6.07) is 30.0. The summed E-state index contributed by atoms with van der Waals surface area (Å²) in [4.78, 5) is 5.29. The van der Waals surface area contributed by atoms with Crippen molar-refractivity contribution >= 4 is 0 Å². The maximum absolute atomic E-state index is 13.2. The molecule has 0 aromatic heterocycles. The van der Waals surface area contributed by atoms with Gasteiger partial charge in [0.1, 0.15) is 5.82 Å². The fourth-order valence-corrected chi connectivity index (χ4v) is 6.43. The molecular weight excluding hydrogens is 431 g/mol. The maximum atomic E-state index is 13.2. The summed E-state index contributed by atoms with van der Waals surface area (Å²) in [5.41, 5.74) is 4.52. The molecule has 3 aromatic carbocycles. The van der Waals surface area contributed by atoms with Crippen molar-refractivity contribution in [3.63, 3.8) is 0 Å². The quantitative estimate of drug-likeness (QED) is 0.353. The van der Waals surface area contributed by atoms with Crippen LogP contribution in [-0.2, 0) is 19.4 Å². The molecule has 35 heavy (non-hydrogen) atoms. The Balaban J connectivity index is 1.21. The van der Waals surface area contributed by atoms with E-state index in [1.54, 1.807) is 12.1 Å². The van der Waals surface area contributed by atoms with Crippen LogP contribution < -0.4 is 0 Å². The molecular formula is C32H39FN2. The van der Waals surface area contributed by atoms with Gasteiger partial charge in [0.05, 0.1) is 0 Å². The number of halogens is 1. The van der Waals surface area contributed by atoms with Crippen LogP contribution in [0.5, 0.6) is 0 Å². The van der Waals surface area contributed by atoms with Crippen molar-refractivity contribution in [2.45, 2.75) is 57.5 Å². The predicted octanol–water partition coefficient (Wildman–Crippen LogP) is 6.75. The van der Waals surface area contributed by atoms with E-state index in [0.717, 1.165) is 32.7 Å². The monoisotopic (exact) mass is 470 g/mol.